The van der Waals surface area contributed by atoms with Gasteiger partial charge in [-0.15, -0.1) is 0 Å². The summed E-state index contributed by atoms with van der Waals surface area (Å²) in [6.07, 6.45) is 0.0465. The van der Waals surface area contributed by atoms with Gasteiger partial charge in [-0.2, -0.15) is 0 Å². The molecule has 1 N–H and O–H groups in total. The van der Waals surface area contributed by atoms with E-state index >= 15 is 0 Å². The van der Waals surface area contributed by atoms with Crippen LogP contribution < -0.4 is 5.32 Å². The maximum absolute atomic E-state index is 13.9. The molecule has 0 bridgehead atoms. The van der Waals surface area contributed by atoms with Crippen molar-refractivity contribution in [3.8, 4) is 0 Å². The van der Waals surface area contributed by atoms with Gasteiger partial charge in [-0.3, -0.25) is 0 Å². The van der Waals surface area contributed by atoms with Gasteiger partial charge in [0.05, 0.1) is 5.02 Å². The molecule has 2 aromatic rings. The number of rotatable bonds is 4. The van der Waals surface area contributed by atoms with Gasteiger partial charge in [-0.1, -0.05) is 29.8 Å². The Labute approximate surface area is 124 Å². The number of nitrogens with one attached hydrogen (secondary N) is 1. The van der Waals surface area contributed by atoms with E-state index < -0.39 is 29.3 Å². The molecule has 6 heteroatoms. The van der Waals surface area contributed by atoms with E-state index in [1.807, 2.05) is 0 Å². The lowest BCUT2D eigenvalue weighted by molar-refractivity contribution is 0.427. The Hall–Kier alpha value is -1.59. The van der Waals surface area contributed by atoms with E-state index in [1.165, 1.54) is 19.2 Å². The molecule has 0 spiro atoms. The Kier molecular flexibility index (Phi) is 4.85. The molecule has 0 aliphatic carbocycles. The second kappa shape index (κ2) is 6.45. The topological polar surface area (TPSA) is 12.0 Å². The fraction of sp³-hybridized carbons (Fsp3) is 0.200. The van der Waals surface area contributed by atoms with Crippen LogP contribution in [0, 0.1) is 23.3 Å². The van der Waals surface area contributed by atoms with Gasteiger partial charge in [0, 0.05) is 11.6 Å². The first-order valence-electron chi connectivity index (χ1n) is 6.19. The standard InChI is InChI=1S/C15H12ClF4N/c1-21-12(7-8-3-2-4-10(16)13(8)18)9-5-6-11(17)15(20)14(9)19/h2-6,12,21H,7H2,1H3. The second-order valence-corrected chi connectivity index (χ2v) is 4.93. The summed E-state index contributed by atoms with van der Waals surface area (Å²) >= 11 is 5.68. The van der Waals surface area contributed by atoms with Gasteiger partial charge < -0.3 is 5.32 Å². The summed E-state index contributed by atoms with van der Waals surface area (Å²) in [5.41, 5.74) is 0.182. The van der Waals surface area contributed by atoms with Crippen molar-refractivity contribution in [3.63, 3.8) is 0 Å². The highest BCUT2D eigenvalue weighted by atomic mass is 35.5. The predicted octanol–water partition coefficient (Wildman–Crippen LogP) is 4.40. The molecular formula is C15H12ClF4N. The molecule has 0 fully saturated rings. The molecule has 0 saturated carbocycles. The summed E-state index contributed by atoms with van der Waals surface area (Å²) in [4.78, 5) is 0. The first-order valence-corrected chi connectivity index (χ1v) is 6.57. The van der Waals surface area contributed by atoms with E-state index in [0.29, 0.717) is 0 Å². The van der Waals surface area contributed by atoms with Crippen molar-refractivity contribution in [1.29, 1.82) is 0 Å². The average molecular weight is 318 g/mol. The smallest absolute Gasteiger partial charge is 0.194 e. The molecule has 0 radical (unpaired) electrons. The maximum atomic E-state index is 13.9. The Morgan fingerprint density at radius 3 is 2.38 bits per heavy atom. The van der Waals surface area contributed by atoms with Crippen LogP contribution in [-0.2, 0) is 6.42 Å². The molecule has 0 saturated heterocycles. The van der Waals surface area contributed by atoms with Crippen LogP contribution in [0.3, 0.4) is 0 Å². The summed E-state index contributed by atoms with van der Waals surface area (Å²) in [6.45, 7) is 0. The van der Waals surface area contributed by atoms with Gasteiger partial charge in [-0.25, -0.2) is 17.6 Å². The molecule has 0 amide bonds. The SMILES string of the molecule is CNC(Cc1cccc(Cl)c1F)c1ccc(F)c(F)c1F. The van der Waals surface area contributed by atoms with Crippen LogP contribution in [0.2, 0.25) is 5.02 Å². The molecule has 0 aromatic heterocycles. The Balaban J connectivity index is 2.37. The molecule has 0 aliphatic heterocycles. The van der Waals surface area contributed by atoms with Crippen LogP contribution in [-0.4, -0.2) is 7.05 Å². The van der Waals surface area contributed by atoms with Gasteiger partial charge >= 0.3 is 0 Å². The van der Waals surface area contributed by atoms with Crippen LogP contribution in [0.15, 0.2) is 30.3 Å². The lowest BCUT2D eigenvalue weighted by Crippen LogP contribution is -2.21. The van der Waals surface area contributed by atoms with Crippen molar-refractivity contribution in [2.45, 2.75) is 12.5 Å². The van der Waals surface area contributed by atoms with Gasteiger partial charge in [0.25, 0.3) is 0 Å². The molecule has 0 aliphatic rings. The summed E-state index contributed by atoms with van der Waals surface area (Å²) in [6, 6.07) is 5.72. The van der Waals surface area contributed by atoms with Crippen molar-refractivity contribution in [2.24, 2.45) is 0 Å². The quantitative estimate of drug-likeness (QED) is 0.651. The van der Waals surface area contributed by atoms with Gasteiger partial charge in [-0.05, 0) is 31.2 Å². The largest absolute Gasteiger partial charge is 0.313 e. The fourth-order valence-corrected chi connectivity index (χ4v) is 2.30. The third-order valence-electron chi connectivity index (χ3n) is 3.24. The third kappa shape index (κ3) is 3.19. The lowest BCUT2D eigenvalue weighted by Gasteiger charge is -2.18. The van der Waals surface area contributed by atoms with Crippen molar-refractivity contribution < 1.29 is 17.6 Å². The average Bonchev–Trinajstić information content (AvgIpc) is 2.47. The highest BCUT2D eigenvalue weighted by Gasteiger charge is 2.21. The van der Waals surface area contributed by atoms with Crippen LogP contribution in [0.4, 0.5) is 17.6 Å². The number of benzene rings is 2. The minimum absolute atomic E-state index is 0.0465. The van der Waals surface area contributed by atoms with E-state index in [-0.39, 0.29) is 22.6 Å². The molecule has 1 atom stereocenters. The second-order valence-electron chi connectivity index (χ2n) is 4.52. The van der Waals surface area contributed by atoms with Gasteiger partial charge in [0.2, 0.25) is 0 Å². The van der Waals surface area contributed by atoms with E-state index in [0.717, 1.165) is 12.1 Å². The first-order chi connectivity index (χ1) is 9.95. The summed E-state index contributed by atoms with van der Waals surface area (Å²) in [5.74, 6) is -4.70. The predicted molar refractivity (Wildman–Crippen MR) is 73.2 cm³/mol. The number of halogens is 5. The van der Waals surface area contributed by atoms with E-state index in [4.69, 9.17) is 11.6 Å². The number of likely N-dealkylation sites (N-methyl/N-ethyl adjacent to an activating group) is 1. The summed E-state index contributed by atoms with van der Waals surface area (Å²) in [7, 11) is 1.52. The Morgan fingerprint density at radius 1 is 1.00 bits per heavy atom. The molecule has 21 heavy (non-hydrogen) atoms. The summed E-state index contributed by atoms with van der Waals surface area (Å²) in [5, 5.41) is 2.71. The van der Waals surface area contributed by atoms with E-state index in [1.54, 1.807) is 6.07 Å². The zero-order valence-corrected chi connectivity index (χ0v) is 11.8. The monoisotopic (exact) mass is 317 g/mol. The molecule has 0 heterocycles. The number of hydrogen-bond donors (Lipinski definition) is 1. The number of hydrogen-bond acceptors (Lipinski definition) is 1. The lowest BCUT2D eigenvalue weighted by atomic mass is 9.98. The van der Waals surface area contributed by atoms with Crippen molar-refractivity contribution >= 4 is 11.6 Å². The zero-order valence-electron chi connectivity index (χ0n) is 11.1. The minimum Gasteiger partial charge on any atom is -0.313 e. The fourth-order valence-electron chi connectivity index (χ4n) is 2.10. The van der Waals surface area contributed by atoms with Gasteiger partial charge in [0.15, 0.2) is 17.5 Å². The van der Waals surface area contributed by atoms with E-state index in [2.05, 4.69) is 5.32 Å². The first kappa shape index (κ1) is 15.8. The van der Waals surface area contributed by atoms with Crippen molar-refractivity contribution in [2.75, 3.05) is 7.05 Å². The van der Waals surface area contributed by atoms with Crippen LogP contribution in [0.25, 0.3) is 0 Å². The summed E-state index contributed by atoms with van der Waals surface area (Å²) < 4.78 is 53.9. The molecular weight excluding hydrogens is 306 g/mol. The Bertz CT molecular complexity index is 660. The normalized spacial score (nSPS) is 12.5. The Morgan fingerprint density at radius 2 is 1.71 bits per heavy atom. The molecule has 2 rings (SSSR count). The van der Waals surface area contributed by atoms with Crippen LogP contribution in [0.1, 0.15) is 17.2 Å². The maximum Gasteiger partial charge on any atom is 0.194 e. The molecule has 1 nitrogen and oxygen atoms in total. The molecule has 112 valence electrons. The van der Waals surface area contributed by atoms with Crippen molar-refractivity contribution in [1.82, 2.24) is 5.32 Å². The van der Waals surface area contributed by atoms with Gasteiger partial charge in [0.1, 0.15) is 5.82 Å². The van der Waals surface area contributed by atoms with Crippen LogP contribution >= 0.6 is 11.6 Å². The van der Waals surface area contributed by atoms with E-state index in [9.17, 15) is 17.6 Å². The third-order valence-corrected chi connectivity index (χ3v) is 3.54. The van der Waals surface area contributed by atoms with Crippen LogP contribution in [0.5, 0.6) is 0 Å². The van der Waals surface area contributed by atoms with Crippen molar-refractivity contribution in [3.05, 3.63) is 69.8 Å². The molecule has 1 unspecified atom stereocenters. The zero-order chi connectivity index (χ0) is 15.6. The highest BCUT2D eigenvalue weighted by Crippen LogP contribution is 2.27. The minimum atomic E-state index is -1.54. The highest BCUT2D eigenvalue weighted by molar-refractivity contribution is 6.30. The molecule has 2 aromatic carbocycles.